The molecule has 0 spiro atoms. The van der Waals surface area contributed by atoms with Crippen molar-refractivity contribution >= 4 is 11.6 Å². The minimum Gasteiger partial charge on any atom is -0.508 e. The van der Waals surface area contributed by atoms with Gasteiger partial charge in [-0.1, -0.05) is 12.1 Å². The molecule has 0 aliphatic heterocycles. The lowest BCUT2D eigenvalue weighted by Gasteiger charge is -2.00. The standard InChI is InChI=1S/C10H7ClN2O2/c11-10-12-5-8(9(15)13-10)6-1-3-7(14)4-2-6/h1-5,14H,(H,12,13,15). The highest BCUT2D eigenvalue weighted by Gasteiger charge is 2.04. The number of H-pyrrole nitrogens is 1. The van der Waals surface area contributed by atoms with Gasteiger partial charge in [0, 0.05) is 6.20 Å². The van der Waals surface area contributed by atoms with Crippen LogP contribution >= 0.6 is 11.6 Å². The lowest BCUT2D eigenvalue weighted by molar-refractivity contribution is 0.475. The fraction of sp³-hybridized carbons (Fsp3) is 0. The molecule has 1 aromatic carbocycles. The van der Waals surface area contributed by atoms with Gasteiger partial charge in [-0.15, -0.1) is 0 Å². The summed E-state index contributed by atoms with van der Waals surface area (Å²) in [6, 6.07) is 6.28. The van der Waals surface area contributed by atoms with Crippen molar-refractivity contribution in [1.29, 1.82) is 0 Å². The second kappa shape index (κ2) is 3.74. The van der Waals surface area contributed by atoms with E-state index in [0.717, 1.165) is 0 Å². The monoisotopic (exact) mass is 222 g/mol. The first-order valence-electron chi connectivity index (χ1n) is 4.21. The Morgan fingerprint density at radius 2 is 1.93 bits per heavy atom. The Bertz CT molecular complexity index is 534. The Kier molecular flexibility index (Phi) is 2.43. The van der Waals surface area contributed by atoms with Crippen molar-refractivity contribution in [2.24, 2.45) is 0 Å². The molecule has 5 heteroatoms. The van der Waals surface area contributed by atoms with Gasteiger partial charge in [-0.2, -0.15) is 0 Å². The number of nitrogens with one attached hydrogen (secondary N) is 1. The Morgan fingerprint density at radius 1 is 1.27 bits per heavy atom. The largest absolute Gasteiger partial charge is 0.508 e. The molecule has 0 bridgehead atoms. The average Bonchev–Trinajstić information content (AvgIpc) is 2.20. The summed E-state index contributed by atoms with van der Waals surface area (Å²) in [4.78, 5) is 17.7. The van der Waals surface area contributed by atoms with Crippen molar-refractivity contribution in [2.45, 2.75) is 0 Å². The number of rotatable bonds is 1. The van der Waals surface area contributed by atoms with E-state index in [1.807, 2.05) is 0 Å². The van der Waals surface area contributed by atoms with Crippen LogP contribution < -0.4 is 5.56 Å². The van der Waals surface area contributed by atoms with Gasteiger partial charge in [0.25, 0.3) is 5.56 Å². The van der Waals surface area contributed by atoms with Crippen LogP contribution in [0.4, 0.5) is 0 Å². The highest BCUT2D eigenvalue weighted by atomic mass is 35.5. The molecule has 0 aliphatic rings. The molecular weight excluding hydrogens is 216 g/mol. The summed E-state index contributed by atoms with van der Waals surface area (Å²) >= 11 is 5.52. The normalized spacial score (nSPS) is 10.2. The van der Waals surface area contributed by atoms with Crippen LogP contribution in [0.25, 0.3) is 11.1 Å². The van der Waals surface area contributed by atoms with Crippen molar-refractivity contribution in [3.8, 4) is 16.9 Å². The lowest BCUT2D eigenvalue weighted by atomic mass is 10.1. The molecule has 0 atom stereocenters. The van der Waals surface area contributed by atoms with Gasteiger partial charge in [-0.05, 0) is 29.3 Å². The number of halogens is 1. The van der Waals surface area contributed by atoms with E-state index in [4.69, 9.17) is 16.7 Å². The minimum atomic E-state index is -0.305. The van der Waals surface area contributed by atoms with Crippen LogP contribution in [0.3, 0.4) is 0 Å². The van der Waals surface area contributed by atoms with Gasteiger partial charge in [0.2, 0.25) is 5.28 Å². The van der Waals surface area contributed by atoms with E-state index >= 15 is 0 Å². The molecule has 1 aromatic heterocycles. The predicted octanol–water partition coefficient (Wildman–Crippen LogP) is 1.80. The molecule has 0 fully saturated rings. The molecule has 0 aliphatic carbocycles. The summed E-state index contributed by atoms with van der Waals surface area (Å²) in [5, 5.41) is 9.15. The first-order valence-corrected chi connectivity index (χ1v) is 4.59. The number of aromatic amines is 1. The predicted molar refractivity (Wildman–Crippen MR) is 57.0 cm³/mol. The molecule has 0 saturated heterocycles. The van der Waals surface area contributed by atoms with Crippen LogP contribution in [0, 0.1) is 0 Å². The van der Waals surface area contributed by atoms with Gasteiger partial charge >= 0.3 is 0 Å². The quantitative estimate of drug-likeness (QED) is 0.723. The molecule has 15 heavy (non-hydrogen) atoms. The van der Waals surface area contributed by atoms with Gasteiger partial charge in [0.05, 0.1) is 5.56 Å². The lowest BCUT2D eigenvalue weighted by Crippen LogP contribution is -2.09. The van der Waals surface area contributed by atoms with E-state index in [0.29, 0.717) is 11.1 Å². The highest BCUT2D eigenvalue weighted by Crippen LogP contribution is 2.18. The van der Waals surface area contributed by atoms with Crippen molar-refractivity contribution < 1.29 is 5.11 Å². The van der Waals surface area contributed by atoms with Crippen LogP contribution in [0.1, 0.15) is 0 Å². The van der Waals surface area contributed by atoms with E-state index in [1.54, 1.807) is 12.1 Å². The fourth-order valence-corrected chi connectivity index (χ4v) is 1.35. The fourth-order valence-electron chi connectivity index (χ4n) is 1.22. The van der Waals surface area contributed by atoms with Crippen LogP contribution in [-0.2, 0) is 0 Å². The Morgan fingerprint density at radius 3 is 2.53 bits per heavy atom. The topological polar surface area (TPSA) is 66.0 Å². The summed E-state index contributed by atoms with van der Waals surface area (Å²) in [5.74, 6) is 0.150. The molecule has 0 saturated carbocycles. The maximum Gasteiger partial charge on any atom is 0.259 e. The van der Waals surface area contributed by atoms with Gasteiger partial charge in [-0.3, -0.25) is 9.78 Å². The average molecular weight is 223 g/mol. The number of aromatic hydroxyl groups is 1. The maximum atomic E-state index is 11.5. The minimum absolute atomic E-state index is 0.0579. The zero-order valence-corrected chi connectivity index (χ0v) is 8.32. The molecule has 2 N–H and O–H groups in total. The maximum absolute atomic E-state index is 11.5. The van der Waals surface area contributed by atoms with Gasteiger partial charge in [-0.25, -0.2) is 4.98 Å². The van der Waals surface area contributed by atoms with Gasteiger partial charge < -0.3 is 5.11 Å². The molecule has 76 valence electrons. The number of phenols is 1. The molecule has 2 aromatic rings. The van der Waals surface area contributed by atoms with Crippen molar-refractivity contribution in [2.75, 3.05) is 0 Å². The van der Waals surface area contributed by atoms with Crippen molar-refractivity contribution in [3.63, 3.8) is 0 Å². The second-order valence-electron chi connectivity index (χ2n) is 2.96. The van der Waals surface area contributed by atoms with Crippen LogP contribution in [0.15, 0.2) is 35.3 Å². The Hall–Kier alpha value is -1.81. The summed E-state index contributed by atoms with van der Waals surface area (Å²) in [6.07, 6.45) is 1.40. The third-order valence-corrected chi connectivity index (χ3v) is 2.14. The third kappa shape index (κ3) is 1.99. The smallest absolute Gasteiger partial charge is 0.259 e. The number of nitrogens with zero attached hydrogens (tertiary/aromatic N) is 1. The van der Waals surface area contributed by atoms with E-state index in [1.165, 1.54) is 18.3 Å². The highest BCUT2D eigenvalue weighted by molar-refractivity contribution is 6.28. The van der Waals surface area contributed by atoms with Crippen molar-refractivity contribution in [3.05, 3.63) is 46.1 Å². The Balaban J connectivity index is 2.55. The third-order valence-electron chi connectivity index (χ3n) is 1.95. The summed E-state index contributed by atoms with van der Waals surface area (Å²) < 4.78 is 0. The van der Waals surface area contributed by atoms with Crippen LogP contribution in [-0.4, -0.2) is 15.1 Å². The van der Waals surface area contributed by atoms with E-state index < -0.39 is 0 Å². The molecule has 1 heterocycles. The summed E-state index contributed by atoms with van der Waals surface area (Å²) in [5.41, 5.74) is 0.790. The summed E-state index contributed by atoms with van der Waals surface area (Å²) in [6.45, 7) is 0. The Labute approximate surface area is 90.2 Å². The number of aromatic nitrogens is 2. The molecule has 0 unspecified atom stereocenters. The zero-order chi connectivity index (χ0) is 10.8. The van der Waals surface area contributed by atoms with E-state index in [-0.39, 0.29) is 16.6 Å². The first-order chi connectivity index (χ1) is 7.16. The zero-order valence-electron chi connectivity index (χ0n) is 7.57. The van der Waals surface area contributed by atoms with E-state index in [2.05, 4.69) is 9.97 Å². The summed E-state index contributed by atoms with van der Waals surface area (Å²) in [7, 11) is 0. The van der Waals surface area contributed by atoms with E-state index in [9.17, 15) is 4.79 Å². The number of phenolic OH excluding ortho intramolecular Hbond substituents is 1. The van der Waals surface area contributed by atoms with Crippen LogP contribution in [0.2, 0.25) is 5.28 Å². The van der Waals surface area contributed by atoms with Crippen LogP contribution in [0.5, 0.6) is 5.75 Å². The SMILES string of the molecule is O=c1[nH]c(Cl)ncc1-c1ccc(O)cc1. The molecule has 0 radical (unpaired) electrons. The second-order valence-corrected chi connectivity index (χ2v) is 3.32. The number of benzene rings is 1. The number of hydrogen-bond donors (Lipinski definition) is 2. The van der Waals surface area contributed by atoms with Crippen molar-refractivity contribution in [1.82, 2.24) is 9.97 Å². The molecule has 2 rings (SSSR count). The van der Waals surface area contributed by atoms with Gasteiger partial charge in [0.15, 0.2) is 0 Å². The molecular formula is C10H7ClN2O2. The molecule has 0 amide bonds. The molecule has 4 nitrogen and oxygen atoms in total. The van der Waals surface area contributed by atoms with Gasteiger partial charge in [0.1, 0.15) is 5.75 Å². The number of hydrogen-bond acceptors (Lipinski definition) is 3. The first kappa shape index (κ1) is 9.73.